The maximum Gasteiger partial charge on any atom is 0.227 e. The molecule has 1 aliphatic rings. The van der Waals surface area contributed by atoms with Crippen LogP contribution in [0.5, 0.6) is 5.75 Å². The van der Waals surface area contributed by atoms with E-state index in [0.717, 1.165) is 38.2 Å². The molecule has 28 heavy (non-hydrogen) atoms. The number of carbonyl (C=O) groups is 1. The Bertz CT molecular complexity index is 836. The lowest BCUT2D eigenvalue weighted by atomic mass is 9.95. The van der Waals surface area contributed by atoms with Crippen LogP contribution in [-0.4, -0.2) is 30.5 Å². The van der Waals surface area contributed by atoms with Crippen LogP contribution in [0.15, 0.2) is 36.4 Å². The number of ether oxygens (including phenoxy) is 1. The highest BCUT2D eigenvalue weighted by Gasteiger charge is 2.25. The van der Waals surface area contributed by atoms with Gasteiger partial charge in [0.2, 0.25) is 5.91 Å². The molecule has 1 heterocycles. The highest BCUT2D eigenvalue weighted by Crippen LogP contribution is 2.33. The van der Waals surface area contributed by atoms with E-state index in [1.165, 1.54) is 5.56 Å². The van der Waals surface area contributed by atoms with Gasteiger partial charge in [-0.25, -0.2) is 0 Å². The largest absolute Gasteiger partial charge is 0.494 e. The Morgan fingerprint density at radius 1 is 1.11 bits per heavy atom. The number of nitrogens with one attached hydrogen (secondary N) is 1. The molecular formula is C21H23Cl3N2O2. The molecular weight excluding hydrogens is 419 g/mol. The third kappa shape index (κ3) is 5.54. The van der Waals surface area contributed by atoms with Crippen molar-refractivity contribution >= 4 is 46.4 Å². The molecule has 0 radical (unpaired) electrons. The van der Waals surface area contributed by atoms with Crippen molar-refractivity contribution in [3.05, 3.63) is 57.0 Å². The molecule has 0 aromatic heterocycles. The summed E-state index contributed by atoms with van der Waals surface area (Å²) in [6.07, 6.45) is 1.60. The second-order valence-electron chi connectivity index (χ2n) is 6.87. The third-order valence-corrected chi connectivity index (χ3v) is 5.88. The molecule has 1 saturated heterocycles. The third-order valence-electron chi connectivity index (χ3n) is 4.84. The van der Waals surface area contributed by atoms with Crippen molar-refractivity contribution < 1.29 is 9.53 Å². The average Bonchev–Trinajstić information content (AvgIpc) is 2.67. The number of likely N-dealkylation sites (tertiary alicyclic amines) is 1. The Labute approximate surface area is 180 Å². The van der Waals surface area contributed by atoms with Crippen LogP contribution < -0.4 is 10.1 Å². The number of piperidine rings is 1. The average molecular weight is 442 g/mol. The van der Waals surface area contributed by atoms with Crippen LogP contribution >= 0.6 is 34.8 Å². The predicted octanol–water partition coefficient (Wildman–Crippen LogP) is 5.90. The molecule has 1 amide bonds. The van der Waals surface area contributed by atoms with E-state index >= 15 is 0 Å². The molecule has 0 unspecified atom stereocenters. The molecule has 2 aromatic carbocycles. The number of nitrogens with zero attached hydrogens (tertiary/aromatic N) is 1. The lowest BCUT2D eigenvalue weighted by Crippen LogP contribution is -2.37. The zero-order valence-corrected chi connectivity index (χ0v) is 17.9. The highest BCUT2D eigenvalue weighted by atomic mass is 35.5. The molecule has 3 rings (SSSR count). The highest BCUT2D eigenvalue weighted by molar-refractivity contribution is 6.44. The van der Waals surface area contributed by atoms with Crippen LogP contribution in [0, 0.1) is 5.92 Å². The topological polar surface area (TPSA) is 41.6 Å². The molecule has 0 bridgehead atoms. The van der Waals surface area contributed by atoms with Crippen LogP contribution in [0.25, 0.3) is 0 Å². The molecule has 2 aromatic rings. The van der Waals surface area contributed by atoms with E-state index < -0.39 is 0 Å². The van der Waals surface area contributed by atoms with E-state index in [2.05, 4.69) is 22.3 Å². The number of hydrogen-bond acceptors (Lipinski definition) is 3. The number of amides is 1. The minimum atomic E-state index is -0.0449. The standard InChI is InChI=1S/C21H23Cl3N2O2/c1-2-28-16-5-3-4-14(10-16)13-26-8-6-15(7-9-26)21(27)25-20-12-18(23)17(22)11-19(20)24/h3-5,10-12,15H,2,6-9,13H2,1H3,(H,25,27). The van der Waals surface area contributed by atoms with Gasteiger partial charge in [-0.2, -0.15) is 0 Å². The summed E-state index contributed by atoms with van der Waals surface area (Å²) >= 11 is 18.1. The Kier molecular flexibility index (Phi) is 7.47. The van der Waals surface area contributed by atoms with E-state index in [1.807, 2.05) is 19.1 Å². The predicted molar refractivity (Wildman–Crippen MR) is 116 cm³/mol. The van der Waals surface area contributed by atoms with Gasteiger partial charge in [0.25, 0.3) is 0 Å². The van der Waals surface area contributed by atoms with Gasteiger partial charge in [-0.05, 0) is 62.7 Å². The van der Waals surface area contributed by atoms with Crippen LogP contribution in [0.4, 0.5) is 5.69 Å². The van der Waals surface area contributed by atoms with Gasteiger partial charge in [-0.3, -0.25) is 9.69 Å². The summed E-state index contributed by atoms with van der Waals surface area (Å²) in [5.41, 5.74) is 1.72. The summed E-state index contributed by atoms with van der Waals surface area (Å²) in [4.78, 5) is 15.0. The number of anilines is 1. The fraction of sp³-hybridized carbons (Fsp3) is 0.381. The molecule has 0 saturated carbocycles. The number of carbonyl (C=O) groups excluding carboxylic acids is 1. The van der Waals surface area contributed by atoms with Crippen molar-refractivity contribution in [2.45, 2.75) is 26.3 Å². The fourth-order valence-electron chi connectivity index (χ4n) is 3.36. The lowest BCUT2D eigenvalue weighted by Gasteiger charge is -2.31. The SMILES string of the molecule is CCOc1cccc(CN2CCC(C(=O)Nc3cc(Cl)c(Cl)cc3Cl)CC2)c1. The maximum atomic E-state index is 12.6. The van der Waals surface area contributed by atoms with Crippen LogP contribution in [0.2, 0.25) is 15.1 Å². The molecule has 1 fully saturated rings. The van der Waals surface area contributed by atoms with E-state index in [1.54, 1.807) is 12.1 Å². The van der Waals surface area contributed by atoms with Crippen molar-refractivity contribution in [1.29, 1.82) is 0 Å². The Hall–Kier alpha value is -1.46. The van der Waals surface area contributed by atoms with Crippen LogP contribution in [0.3, 0.4) is 0 Å². The summed E-state index contributed by atoms with van der Waals surface area (Å²) in [7, 11) is 0. The van der Waals surface area contributed by atoms with E-state index in [9.17, 15) is 4.79 Å². The van der Waals surface area contributed by atoms with Gasteiger partial charge in [0.1, 0.15) is 5.75 Å². The number of benzene rings is 2. The van der Waals surface area contributed by atoms with Gasteiger partial charge in [0, 0.05) is 12.5 Å². The number of rotatable bonds is 6. The Morgan fingerprint density at radius 2 is 1.82 bits per heavy atom. The van der Waals surface area contributed by atoms with E-state index in [-0.39, 0.29) is 11.8 Å². The zero-order valence-electron chi connectivity index (χ0n) is 15.7. The van der Waals surface area contributed by atoms with Gasteiger partial charge in [0.05, 0.1) is 27.4 Å². The van der Waals surface area contributed by atoms with E-state index in [4.69, 9.17) is 39.5 Å². The van der Waals surface area contributed by atoms with Crippen LogP contribution in [-0.2, 0) is 11.3 Å². The number of halogens is 3. The van der Waals surface area contributed by atoms with Crippen molar-refractivity contribution in [1.82, 2.24) is 4.90 Å². The Morgan fingerprint density at radius 3 is 2.54 bits per heavy atom. The van der Waals surface area contributed by atoms with Crippen molar-refractivity contribution in [3.63, 3.8) is 0 Å². The molecule has 7 heteroatoms. The Balaban J connectivity index is 1.53. The van der Waals surface area contributed by atoms with Gasteiger partial charge >= 0.3 is 0 Å². The summed E-state index contributed by atoms with van der Waals surface area (Å²) in [5.74, 6) is 0.822. The summed E-state index contributed by atoms with van der Waals surface area (Å²) in [5, 5.41) is 4.00. The quantitative estimate of drug-likeness (QED) is 0.568. The van der Waals surface area contributed by atoms with Gasteiger partial charge < -0.3 is 10.1 Å². The normalized spacial score (nSPS) is 15.4. The monoisotopic (exact) mass is 440 g/mol. The molecule has 150 valence electrons. The van der Waals surface area contributed by atoms with Crippen molar-refractivity contribution in [2.75, 3.05) is 25.0 Å². The first-order valence-corrected chi connectivity index (χ1v) is 10.5. The summed E-state index contributed by atoms with van der Waals surface area (Å²) in [6.45, 7) is 5.23. The minimum Gasteiger partial charge on any atom is -0.494 e. The molecule has 1 N–H and O–H groups in total. The first-order chi connectivity index (χ1) is 13.5. The van der Waals surface area contributed by atoms with E-state index in [0.29, 0.717) is 27.4 Å². The van der Waals surface area contributed by atoms with Crippen molar-refractivity contribution in [2.24, 2.45) is 5.92 Å². The molecule has 0 atom stereocenters. The first-order valence-electron chi connectivity index (χ1n) is 9.35. The maximum absolute atomic E-state index is 12.6. The first kappa shape index (κ1) is 21.3. The summed E-state index contributed by atoms with van der Waals surface area (Å²) in [6, 6.07) is 11.3. The smallest absolute Gasteiger partial charge is 0.227 e. The fourth-order valence-corrected chi connectivity index (χ4v) is 3.96. The van der Waals surface area contributed by atoms with Gasteiger partial charge in [-0.1, -0.05) is 46.9 Å². The molecule has 0 aliphatic carbocycles. The lowest BCUT2D eigenvalue weighted by molar-refractivity contribution is -0.121. The second-order valence-corrected chi connectivity index (χ2v) is 8.09. The minimum absolute atomic E-state index is 0.0294. The van der Waals surface area contributed by atoms with Crippen molar-refractivity contribution in [3.8, 4) is 5.75 Å². The molecule has 1 aliphatic heterocycles. The van der Waals surface area contributed by atoms with Crippen LogP contribution in [0.1, 0.15) is 25.3 Å². The van der Waals surface area contributed by atoms with Gasteiger partial charge in [0.15, 0.2) is 0 Å². The zero-order chi connectivity index (χ0) is 20.1. The summed E-state index contributed by atoms with van der Waals surface area (Å²) < 4.78 is 5.57. The second kappa shape index (κ2) is 9.84. The molecule has 4 nitrogen and oxygen atoms in total. The number of hydrogen-bond donors (Lipinski definition) is 1. The van der Waals surface area contributed by atoms with Gasteiger partial charge in [-0.15, -0.1) is 0 Å². The molecule has 0 spiro atoms.